The van der Waals surface area contributed by atoms with Crippen LogP contribution in [0.3, 0.4) is 0 Å². The molecule has 0 unspecified atom stereocenters. The first kappa shape index (κ1) is 18.3. The minimum absolute atomic E-state index is 0.140. The minimum atomic E-state index is -0.526. The fourth-order valence-electron chi connectivity index (χ4n) is 4.76. The molecule has 1 aromatic carbocycles. The molecule has 3 nitrogen and oxygen atoms in total. The van der Waals surface area contributed by atoms with Crippen LogP contribution < -0.4 is 0 Å². The van der Waals surface area contributed by atoms with Crippen molar-refractivity contribution in [2.24, 2.45) is 11.8 Å². The topological polar surface area (TPSA) is 43.4 Å². The number of benzene rings is 1. The average molecular weight is 342 g/mol. The molecular weight excluding hydrogens is 312 g/mol. The molecule has 1 aliphatic heterocycles. The third-order valence-electron chi connectivity index (χ3n) is 6.05. The first-order valence-electron chi connectivity index (χ1n) is 9.80. The summed E-state index contributed by atoms with van der Waals surface area (Å²) >= 11 is 0. The van der Waals surface area contributed by atoms with Crippen molar-refractivity contribution in [2.45, 2.75) is 65.2 Å². The highest BCUT2D eigenvalue weighted by Gasteiger charge is 2.41. The second-order valence-corrected chi connectivity index (χ2v) is 7.69. The zero-order valence-corrected chi connectivity index (χ0v) is 15.8. The Bertz CT molecular complexity index is 612. The van der Waals surface area contributed by atoms with Gasteiger partial charge in [-0.3, -0.25) is 9.59 Å². The van der Waals surface area contributed by atoms with Gasteiger partial charge in [-0.15, -0.1) is 0 Å². The van der Waals surface area contributed by atoms with E-state index < -0.39 is 5.92 Å². The summed E-state index contributed by atoms with van der Waals surface area (Å²) in [5, 5.41) is 0. The summed E-state index contributed by atoms with van der Waals surface area (Å²) in [6, 6.07) is 4.30. The molecule has 1 saturated carbocycles. The molecule has 2 aliphatic rings. The fraction of sp³-hybridized carbons (Fsp3) is 0.636. The summed E-state index contributed by atoms with van der Waals surface area (Å²) in [6.45, 7) is 7.85. The number of rotatable bonds is 4. The molecule has 0 amide bonds. The summed E-state index contributed by atoms with van der Waals surface area (Å²) < 4.78 is 5.44. The maximum Gasteiger partial charge on any atom is 0.148 e. The Labute approximate surface area is 151 Å². The lowest BCUT2D eigenvalue weighted by Crippen LogP contribution is -2.37. The first-order chi connectivity index (χ1) is 12.0. The van der Waals surface area contributed by atoms with Gasteiger partial charge in [-0.2, -0.15) is 0 Å². The number of ether oxygens (including phenoxy) is 1. The quantitative estimate of drug-likeness (QED) is 0.771. The van der Waals surface area contributed by atoms with E-state index in [1.165, 1.54) is 16.7 Å². The van der Waals surface area contributed by atoms with E-state index in [1.54, 1.807) is 0 Å². The van der Waals surface area contributed by atoms with Crippen molar-refractivity contribution in [1.29, 1.82) is 0 Å². The average Bonchev–Trinajstić information content (AvgIpc) is 2.62. The third kappa shape index (κ3) is 3.72. The van der Waals surface area contributed by atoms with E-state index in [0.717, 1.165) is 44.5 Å². The number of carbonyl (C=O) groups is 2. The molecule has 1 heterocycles. The van der Waals surface area contributed by atoms with E-state index in [4.69, 9.17) is 4.74 Å². The van der Waals surface area contributed by atoms with Crippen LogP contribution in [0.1, 0.15) is 67.7 Å². The van der Waals surface area contributed by atoms with E-state index in [2.05, 4.69) is 32.9 Å². The third-order valence-corrected chi connectivity index (χ3v) is 6.05. The van der Waals surface area contributed by atoms with Gasteiger partial charge < -0.3 is 4.74 Å². The van der Waals surface area contributed by atoms with Crippen LogP contribution in [-0.4, -0.2) is 24.8 Å². The molecule has 0 atom stereocenters. The Balaban J connectivity index is 1.89. The summed E-state index contributed by atoms with van der Waals surface area (Å²) in [4.78, 5) is 26.1. The molecule has 0 bridgehead atoms. The van der Waals surface area contributed by atoms with E-state index >= 15 is 0 Å². The molecular formula is C22H30O3. The molecule has 0 N–H and O–H groups in total. The van der Waals surface area contributed by atoms with Gasteiger partial charge in [-0.05, 0) is 61.1 Å². The molecule has 1 aromatic rings. The standard InChI is InChI=1S/C22H30O3/c1-4-15-10-14(3)11-16(5-2)21(15)22-19(23)12-18(13-20(22)24)17-6-8-25-9-7-17/h10-11,17-18,22H,4-9,12-13H2,1-3H3. The van der Waals surface area contributed by atoms with Crippen LogP contribution in [0.4, 0.5) is 0 Å². The van der Waals surface area contributed by atoms with Gasteiger partial charge in [0.15, 0.2) is 0 Å². The highest BCUT2D eigenvalue weighted by molar-refractivity contribution is 6.10. The van der Waals surface area contributed by atoms with Crippen LogP contribution in [-0.2, 0) is 27.2 Å². The molecule has 2 fully saturated rings. The van der Waals surface area contributed by atoms with Gasteiger partial charge in [0.25, 0.3) is 0 Å². The van der Waals surface area contributed by atoms with Gasteiger partial charge in [0.05, 0.1) is 0 Å². The smallest absolute Gasteiger partial charge is 0.148 e. The minimum Gasteiger partial charge on any atom is -0.381 e. The van der Waals surface area contributed by atoms with Crippen molar-refractivity contribution < 1.29 is 14.3 Å². The molecule has 1 saturated heterocycles. The SMILES string of the molecule is CCc1cc(C)cc(CC)c1C1C(=O)CC(C2CCOCC2)CC1=O. The zero-order chi connectivity index (χ0) is 18.0. The lowest BCUT2D eigenvalue weighted by molar-refractivity contribution is -0.135. The molecule has 3 rings (SSSR count). The van der Waals surface area contributed by atoms with Gasteiger partial charge in [0, 0.05) is 26.1 Å². The van der Waals surface area contributed by atoms with Crippen molar-refractivity contribution in [3.05, 3.63) is 34.4 Å². The van der Waals surface area contributed by atoms with Crippen LogP contribution in [0.25, 0.3) is 0 Å². The summed E-state index contributed by atoms with van der Waals surface area (Å²) in [6.07, 6.45) is 4.82. The zero-order valence-electron chi connectivity index (χ0n) is 15.8. The van der Waals surface area contributed by atoms with Gasteiger partial charge in [0.2, 0.25) is 0 Å². The van der Waals surface area contributed by atoms with Crippen molar-refractivity contribution >= 4 is 11.6 Å². The van der Waals surface area contributed by atoms with Crippen molar-refractivity contribution in [3.8, 4) is 0 Å². The highest BCUT2D eigenvalue weighted by Crippen LogP contribution is 2.40. The maximum atomic E-state index is 13.0. The van der Waals surface area contributed by atoms with Crippen molar-refractivity contribution in [2.75, 3.05) is 13.2 Å². The molecule has 0 spiro atoms. The predicted molar refractivity (Wildman–Crippen MR) is 99.0 cm³/mol. The maximum absolute atomic E-state index is 13.0. The summed E-state index contributed by atoms with van der Waals surface area (Å²) in [7, 11) is 0. The number of aryl methyl sites for hydroxylation is 3. The van der Waals surface area contributed by atoms with Crippen LogP contribution in [0.15, 0.2) is 12.1 Å². The molecule has 0 radical (unpaired) electrons. The number of Topliss-reactive ketones (excluding diaryl/α,β-unsaturated/α-hetero) is 2. The lowest BCUT2D eigenvalue weighted by atomic mass is 9.69. The van der Waals surface area contributed by atoms with Gasteiger partial charge in [0.1, 0.15) is 17.5 Å². The van der Waals surface area contributed by atoms with Crippen LogP contribution in [0.5, 0.6) is 0 Å². The second kappa shape index (κ2) is 7.82. The summed E-state index contributed by atoms with van der Waals surface area (Å²) in [5.74, 6) is 0.446. The molecule has 0 aromatic heterocycles. The monoisotopic (exact) mass is 342 g/mol. The van der Waals surface area contributed by atoms with Crippen molar-refractivity contribution in [1.82, 2.24) is 0 Å². The Morgan fingerprint density at radius 2 is 1.44 bits per heavy atom. The number of ketones is 2. The van der Waals surface area contributed by atoms with E-state index in [-0.39, 0.29) is 17.5 Å². The van der Waals surface area contributed by atoms with Crippen LogP contribution >= 0.6 is 0 Å². The second-order valence-electron chi connectivity index (χ2n) is 7.69. The normalized spacial score (nSPS) is 25.4. The molecule has 1 aliphatic carbocycles. The predicted octanol–water partition coefficient (Wildman–Crippen LogP) is 4.18. The number of hydrogen-bond acceptors (Lipinski definition) is 3. The Kier molecular flexibility index (Phi) is 5.73. The van der Waals surface area contributed by atoms with Gasteiger partial charge in [-0.25, -0.2) is 0 Å². The lowest BCUT2D eigenvalue weighted by Gasteiger charge is -2.35. The van der Waals surface area contributed by atoms with Gasteiger partial charge >= 0.3 is 0 Å². The fourth-order valence-corrected chi connectivity index (χ4v) is 4.76. The van der Waals surface area contributed by atoms with Gasteiger partial charge in [-0.1, -0.05) is 31.5 Å². The van der Waals surface area contributed by atoms with E-state index in [0.29, 0.717) is 18.8 Å². The number of carbonyl (C=O) groups excluding carboxylic acids is 2. The molecule has 3 heteroatoms. The molecule has 25 heavy (non-hydrogen) atoms. The molecule has 136 valence electrons. The Morgan fingerprint density at radius 3 is 1.92 bits per heavy atom. The Morgan fingerprint density at radius 1 is 0.920 bits per heavy atom. The largest absolute Gasteiger partial charge is 0.381 e. The van der Waals surface area contributed by atoms with E-state index in [1.807, 2.05) is 0 Å². The highest BCUT2D eigenvalue weighted by atomic mass is 16.5. The van der Waals surface area contributed by atoms with Crippen LogP contribution in [0, 0.1) is 18.8 Å². The van der Waals surface area contributed by atoms with Crippen molar-refractivity contribution in [3.63, 3.8) is 0 Å². The Hall–Kier alpha value is -1.48. The number of hydrogen-bond donors (Lipinski definition) is 0. The van der Waals surface area contributed by atoms with Crippen LogP contribution in [0.2, 0.25) is 0 Å². The van der Waals surface area contributed by atoms with E-state index in [9.17, 15) is 9.59 Å². The first-order valence-corrected chi connectivity index (χ1v) is 9.80. The summed E-state index contributed by atoms with van der Waals surface area (Å²) in [5.41, 5.74) is 4.59.